The van der Waals surface area contributed by atoms with E-state index in [0.29, 0.717) is 58.4 Å². The first kappa shape index (κ1) is 24.6. The van der Waals surface area contributed by atoms with Crippen LogP contribution < -0.4 is 5.56 Å². The maximum Gasteiger partial charge on any atom is 0.262 e. The summed E-state index contributed by atoms with van der Waals surface area (Å²) in [6.45, 7) is 5.92. The summed E-state index contributed by atoms with van der Waals surface area (Å²) in [4.78, 5) is 33.3. The molecule has 1 aromatic carbocycles. The zero-order valence-corrected chi connectivity index (χ0v) is 21.2. The van der Waals surface area contributed by atoms with E-state index in [2.05, 4.69) is 4.90 Å². The molecular formula is C25H34ClN3O3S. The van der Waals surface area contributed by atoms with Crippen molar-refractivity contribution in [2.45, 2.75) is 82.6 Å². The number of nitrogens with zero attached hydrogens (tertiary/aromatic N) is 3. The Morgan fingerprint density at radius 2 is 2.03 bits per heavy atom. The van der Waals surface area contributed by atoms with E-state index >= 15 is 0 Å². The lowest BCUT2D eigenvalue weighted by molar-refractivity contribution is -0.134. The topological polar surface area (TPSA) is 64.4 Å². The summed E-state index contributed by atoms with van der Waals surface area (Å²) in [6, 6.07) is 5.55. The minimum atomic E-state index is -0.0959. The highest BCUT2D eigenvalue weighted by atomic mass is 35.5. The van der Waals surface area contributed by atoms with Crippen molar-refractivity contribution in [2.24, 2.45) is 5.92 Å². The van der Waals surface area contributed by atoms with Gasteiger partial charge >= 0.3 is 0 Å². The molecule has 1 aromatic heterocycles. The Kier molecular flexibility index (Phi) is 8.36. The fourth-order valence-corrected chi connectivity index (χ4v) is 6.24. The van der Waals surface area contributed by atoms with Gasteiger partial charge in [-0.3, -0.25) is 14.2 Å². The number of carbonyl (C=O) groups excluding carboxylic acids is 1. The van der Waals surface area contributed by atoms with Crippen LogP contribution in [0, 0.1) is 5.92 Å². The van der Waals surface area contributed by atoms with Crippen molar-refractivity contribution >= 4 is 40.2 Å². The zero-order valence-electron chi connectivity index (χ0n) is 19.6. The summed E-state index contributed by atoms with van der Waals surface area (Å²) < 4.78 is 7.35. The Morgan fingerprint density at radius 3 is 2.85 bits per heavy atom. The van der Waals surface area contributed by atoms with Crippen molar-refractivity contribution in [2.75, 3.05) is 18.9 Å². The molecule has 1 saturated heterocycles. The number of likely N-dealkylation sites (tertiary alicyclic amines) is 1. The largest absolute Gasteiger partial charge is 0.379 e. The average molecular weight is 492 g/mol. The van der Waals surface area contributed by atoms with Gasteiger partial charge in [0, 0.05) is 30.8 Å². The van der Waals surface area contributed by atoms with Gasteiger partial charge in [0.15, 0.2) is 5.16 Å². The van der Waals surface area contributed by atoms with Gasteiger partial charge in [-0.25, -0.2) is 4.98 Å². The van der Waals surface area contributed by atoms with E-state index in [1.807, 2.05) is 13.8 Å². The number of aromatic nitrogens is 2. The van der Waals surface area contributed by atoms with Crippen LogP contribution in [0.1, 0.15) is 58.8 Å². The SMILES string of the molecule is CC(C)OCCCn1c(SCC(=O)N2CCCC3CCCCC32)nc2cc(Cl)ccc2c1=O. The van der Waals surface area contributed by atoms with Crippen molar-refractivity contribution in [3.05, 3.63) is 33.6 Å². The van der Waals surface area contributed by atoms with Crippen LogP contribution in [-0.4, -0.2) is 51.4 Å². The number of carbonyl (C=O) groups is 1. The van der Waals surface area contributed by atoms with E-state index < -0.39 is 0 Å². The van der Waals surface area contributed by atoms with Gasteiger partial charge in [0.1, 0.15) is 0 Å². The molecular weight excluding hydrogens is 458 g/mol. The van der Waals surface area contributed by atoms with Gasteiger partial charge in [0.05, 0.1) is 22.8 Å². The lowest BCUT2D eigenvalue weighted by Crippen LogP contribution is -2.50. The highest BCUT2D eigenvalue weighted by Crippen LogP contribution is 2.35. The van der Waals surface area contributed by atoms with Gasteiger partial charge in [-0.15, -0.1) is 0 Å². The van der Waals surface area contributed by atoms with Crippen molar-refractivity contribution in [3.8, 4) is 0 Å². The second kappa shape index (κ2) is 11.2. The second-order valence-corrected chi connectivity index (χ2v) is 10.8. The number of halogens is 1. The molecule has 1 amide bonds. The number of amides is 1. The summed E-state index contributed by atoms with van der Waals surface area (Å²) in [5, 5.41) is 1.66. The summed E-state index contributed by atoms with van der Waals surface area (Å²) in [5.41, 5.74) is 0.476. The minimum Gasteiger partial charge on any atom is -0.379 e. The maximum atomic E-state index is 13.3. The third-order valence-corrected chi connectivity index (χ3v) is 7.94. The molecule has 2 aliphatic rings. The molecule has 0 N–H and O–H groups in total. The van der Waals surface area contributed by atoms with Gasteiger partial charge < -0.3 is 9.64 Å². The van der Waals surface area contributed by atoms with E-state index in [1.54, 1.807) is 22.8 Å². The molecule has 0 bridgehead atoms. The summed E-state index contributed by atoms with van der Waals surface area (Å²) >= 11 is 7.52. The minimum absolute atomic E-state index is 0.0959. The second-order valence-electron chi connectivity index (χ2n) is 9.42. The Bertz CT molecular complexity index is 1040. The Balaban J connectivity index is 1.52. The van der Waals surface area contributed by atoms with E-state index in [4.69, 9.17) is 21.3 Å². The molecule has 4 rings (SSSR count). The Labute approximate surface area is 205 Å². The summed E-state index contributed by atoms with van der Waals surface area (Å²) in [7, 11) is 0. The van der Waals surface area contributed by atoms with Gasteiger partial charge in [-0.2, -0.15) is 0 Å². The monoisotopic (exact) mass is 491 g/mol. The number of benzene rings is 1. The summed E-state index contributed by atoms with van der Waals surface area (Å²) in [5.74, 6) is 1.11. The third kappa shape index (κ3) is 5.92. The number of piperidine rings is 1. The molecule has 1 aliphatic carbocycles. The fraction of sp³-hybridized carbons (Fsp3) is 0.640. The third-order valence-electron chi connectivity index (χ3n) is 6.75. The lowest BCUT2D eigenvalue weighted by atomic mass is 9.78. The standard InChI is InChI=1S/C25H34ClN3O3S/c1-17(2)32-14-6-13-29-24(31)20-11-10-19(26)15-21(20)27-25(29)33-16-23(30)28-12-5-8-18-7-3-4-9-22(18)28/h10-11,15,17-18,22H,3-9,12-14,16H2,1-2H3. The molecule has 1 saturated carbocycles. The van der Waals surface area contributed by atoms with Crippen molar-refractivity contribution in [1.29, 1.82) is 0 Å². The van der Waals surface area contributed by atoms with E-state index in [9.17, 15) is 9.59 Å². The van der Waals surface area contributed by atoms with Gasteiger partial charge in [-0.1, -0.05) is 36.2 Å². The number of hydrogen-bond acceptors (Lipinski definition) is 5. The highest BCUT2D eigenvalue weighted by Gasteiger charge is 2.35. The first-order valence-corrected chi connectivity index (χ1v) is 13.5. The fourth-order valence-electron chi connectivity index (χ4n) is 5.17. The smallest absolute Gasteiger partial charge is 0.262 e. The van der Waals surface area contributed by atoms with Crippen molar-refractivity contribution < 1.29 is 9.53 Å². The van der Waals surface area contributed by atoms with E-state index in [0.717, 1.165) is 19.4 Å². The van der Waals surface area contributed by atoms with Crippen molar-refractivity contribution in [3.63, 3.8) is 0 Å². The average Bonchev–Trinajstić information content (AvgIpc) is 2.80. The van der Waals surface area contributed by atoms with Crippen LogP contribution in [0.15, 0.2) is 28.2 Å². The highest BCUT2D eigenvalue weighted by molar-refractivity contribution is 7.99. The quantitative estimate of drug-likeness (QED) is 0.290. The van der Waals surface area contributed by atoms with Crippen LogP contribution in [-0.2, 0) is 16.1 Å². The van der Waals surface area contributed by atoms with Crippen molar-refractivity contribution in [1.82, 2.24) is 14.5 Å². The van der Waals surface area contributed by atoms with Crippen LogP contribution in [0.4, 0.5) is 0 Å². The normalized spacial score (nSPS) is 20.9. The number of thioether (sulfide) groups is 1. The molecule has 2 unspecified atom stereocenters. The molecule has 2 heterocycles. The number of fused-ring (bicyclic) bond motifs is 2. The first-order valence-electron chi connectivity index (χ1n) is 12.2. The first-order chi connectivity index (χ1) is 15.9. The maximum absolute atomic E-state index is 13.3. The van der Waals surface area contributed by atoms with E-state index in [-0.39, 0.29) is 17.6 Å². The molecule has 180 valence electrons. The Morgan fingerprint density at radius 1 is 1.24 bits per heavy atom. The Hall–Kier alpha value is -1.57. The van der Waals surface area contributed by atoms with Gasteiger partial charge in [0.2, 0.25) is 5.91 Å². The van der Waals surface area contributed by atoms with Crippen LogP contribution >= 0.6 is 23.4 Å². The number of rotatable bonds is 8. The molecule has 8 heteroatoms. The molecule has 2 aromatic rings. The van der Waals surface area contributed by atoms with Crippen LogP contribution in [0.3, 0.4) is 0 Å². The van der Waals surface area contributed by atoms with Crippen LogP contribution in [0.25, 0.3) is 10.9 Å². The molecule has 6 nitrogen and oxygen atoms in total. The molecule has 2 fully saturated rings. The molecule has 0 spiro atoms. The van der Waals surface area contributed by atoms with Crippen LogP contribution in [0.5, 0.6) is 0 Å². The zero-order chi connectivity index (χ0) is 23.4. The van der Waals surface area contributed by atoms with Gasteiger partial charge in [-0.05, 0) is 70.1 Å². The molecule has 0 radical (unpaired) electrons. The van der Waals surface area contributed by atoms with Gasteiger partial charge in [0.25, 0.3) is 5.56 Å². The predicted octanol–water partition coefficient (Wildman–Crippen LogP) is 5.14. The summed E-state index contributed by atoms with van der Waals surface area (Å²) in [6.07, 6.45) is 8.05. The van der Waals surface area contributed by atoms with E-state index in [1.165, 1.54) is 37.4 Å². The number of hydrogen-bond donors (Lipinski definition) is 0. The lowest BCUT2D eigenvalue weighted by Gasteiger charge is -2.44. The number of ether oxygens (including phenoxy) is 1. The molecule has 33 heavy (non-hydrogen) atoms. The van der Waals surface area contributed by atoms with Crippen LogP contribution in [0.2, 0.25) is 5.02 Å². The molecule has 2 atom stereocenters. The predicted molar refractivity (Wildman–Crippen MR) is 134 cm³/mol. The molecule has 1 aliphatic heterocycles.